The van der Waals surface area contributed by atoms with Gasteiger partial charge in [-0.3, -0.25) is 4.90 Å². The highest BCUT2D eigenvalue weighted by atomic mass is 16.5. The van der Waals surface area contributed by atoms with Gasteiger partial charge in [0, 0.05) is 19.1 Å². The van der Waals surface area contributed by atoms with Gasteiger partial charge in [0.05, 0.1) is 19.3 Å². The van der Waals surface area contributed by atoms with Crippen molar-refractivity contribution in [3.8, 4) is 0 Å². The lowest BCUT2D eigenvalue weighted by molar-refractivity contribution is -0.0592. The molecule has 1 aliphatic rings. The fraction of sp³-hybridized carbons (Fsp3) is 0.600. The summed E-state index contributed by atoms with van der Waals surface area (Å²) >= 11 is 0. The maximum atomic E-state index is 9.04. The molecule has 1 heterocycles. The third kappa shape index (κ3) is 3.31. The maximum Gasteiger partial charge on any atom is 0.0681 e. The fourth-order valence-electron chi connectivity index (χ4n) is 2.47. The highest BCUT2D eigenvalue weighted by molar-refractivity contribution is 5.22. The third-order valence-electron chi connectivity index (χ3n) is 3.64. The van der Waals surface area contributed by atoms with Crippen LogP contribution in [0.2, 0.25) is 0 Å². The Bertz CT molecular complexity index is 363. The molecule has 2 rings (SSSR count). The minimum absolute atomic E-state index is 0.118. The third-order valence-corrected chi connectivity index (χ3v) is 3.64. The molecule has 3 heteroatoms. The number of benzene rings is 1. The van der Waals surface area contributed by atoms with Gasteiger partial charge in [0.1, 0.15) is 0 Å². The van der Waals surface area contributed by atoms with Crippen molar-refractivity contribution < 1.29 is 9.84 Å². The molecule has 0 amide bonds. The summed E-state index contributed by atoms with van der Waals surface area (Å²) in [7, 11) is 0. The van der Waals surface area contributed by atoms with Crippen LogP contribution in [0.25, 0.3) is 0 Å². The minimum Gasteiger partial charge on any atom is -0.392 e. The van der Waals surface area contributed by atoms with Gasteiger partial charge in [-0.15, -0.1) is 0 Å². The summed E-state index contributed by atoms with van der Waals surface area (Å²) < 4.78 is 5.71. The number of aliphatic hydroxyl groups is 1. The highest BCUT2D eigenvalue weighted by Gasteiger charge is 2.25. The zero-order valence-corrected chi connectivity index (χ0v) is 11.3. The second-order valence-corrected chi connectivity index (χ2v) is 5.11. The van der Waals surface area contributed by atoms with Crippen molar-refractivity contribution in [2.75, 3.05) is 13.2 Å². The van der Waals surface area contributed by atoms with Gasteiger partial charge in [0.2, 0.25) is 0 Å². The fourth-order valence-corrected chi connectivity index (χ4v) is 2.47. The molecule has 3 nitrogen and oxygen atoms in total. The molecule has 0 aliphatic carbocycles. The molecular weight excluding hydrogens is 226 g/mol. The molecule has 0 radical (unpaired) electrons. The van der Waals surface area contributed by atoms with E-state index < -0.39 is 0 Å². The highest BCUT2D eigenvalue weighted by Crippen LogP contribution is 2.18. The normalized spacial score (nSPS) is 25.3. The summed E-state index contributed by atoms with van der Waals surface area (Å²) in [6.45, 7) is 7.27. The minimum atomic E-state index is 0.118. The number of hydrogen-bond acceptors (Lipinski definition) is 3. The van der Waals surface area contributed by atoms with Crippen molar-refractivity contribution in [3.63, 3.8) is 0 Å². The van der Waals surface area contributed by atoms with Crippen LogP contribution < -0.4 is 0 Å². The van der Waals surface area contributed by atoms with Crippen LogP contribution in [0.3, 0.4) is 0 Å². The Labute approximate surface area is 109 Å². The number of rotatable bonds is 4. The molecule has 1 aromatic rings. The lowest BCUT2D eigenvalue weighted by atomic mass is 10.1. The number of ether oxygens (including phenoxy) is 1. The van der Waals surface area contributed by atoms with Gasteiger partial charge in [0.25, 0.3) is 0 Å². The van der Waals surface area contributed by atoms with Gasteiger partial charge >= 0.3 is 0 Å². The molecule has 100 valence electrons. The Morgan fingerprint density at radius 3 is 2.56 bits per heavy atom. The van der Waals surface area contributed by atoms with E-state index in [-0.39, 0.29) is 6.61 Å². The zero-order chi connectivity index (χ0) is 13.0. The van der Waals surface area contributed by atoms with Gasteiger partial charge in [-0.2, -0.15) is 0 Å². The number of nitrogens with zero attached hydrogens (tertiary/aromatic N) is 1. The van der Waals surface area contributed by atoms with E-state index in [1.54, 1.807) is 0 Å². The molecule has 0 aromatic heterocycles. The zero-order valence-electron chi connectivity index (χ0n) is 11.3. The van der Waals surface area contributed by atoms with Crippen LogP contribution in [0.1, 0.15) is 31.4 Å². The standard InChI is InChI=1S/C15H23NO2/c1-3-15-11-18-12(2)8-16(15)9-13-4-6-14(10-17)7-5-13/h4-7,12,15,17H,3,8-11H2,1-2H3. The average Bonchev–Trinajstić information content (AvgIpc) is 2.40. The van der Waals surface area contributed by atoms with Gasteiger partial charge in [-0.25, -0.2) is 0 Å². The van der Waals surface area contributed by atoms with E-state index in [1.165, 1.54) is 5.56 Å². The van der Waals surface area contributed by atoms with Gasteiger partial charge < -0.3 is 9.84 Å². The first-order valence-corrected chi connectivity index (χ1v) is 6.77. The van der Waals surface area contributed by atoms with Crippen LogP contribution in [0, 0.1) is 0 Å². The number of aliphatic hydroxyl groups excluding tert-OH is 1. The SMILES string of the molecule is CCC1COC(C)CN1Cc1ccc(CO)cc1. The molecule has 1 aliphatic heterocycles. The Hall–Kier alpha value is -0.900. The molecule has 1 saturated heterocycles. The van der Waals surface area contributed by atoms with Gasteiger partial charge in [-0.1, -0.05) is 31.2 Å². The summed E-state index contributed by atoms with van der Waals surface area (Å²) in [5.41, 5.74) is 2.28. The largest absolute Gasteiger partial charge is 0.392 e. The van der Waals surface area contributed by atoms with Crippen LogP contribution in [-0.2, 0) is 17.9 Å². The van der Waals surface area contributed by atoms with Crippen LogP contribution in [-0.4, -0.2) is 35.3 Å². The van der Waals surface area contributed by atoms with Crippen LogP contribution in [0.5, 0.6) is 0 Å². The molecule has 1 aromatic carbocycles. The molecule has 2 atom stereocenters. The monoisotopic (exact) mass is 249 g/mol. The van der Waals surface area contributed by atoms with Crippen molar-refractivity contribution in [2.24, 2.45) is 0 Å². The Balaban J connectivity index is 2.01. The first kappa shape index (κ1) is 13.5. The van der Waals surface area contributed by atoms with Crippen molar-refractivity contribution in [1.29, 1.82) is 0 Å². The number of hydrogen-bond donors (Lipinski definition) is 1. The molecule has 0 spiro atoms. The quantitative estimate of drug-likeness (QED) is 0.887. The van der Waals surface area contributed by atoms with Crippen LogP contribution >= 0.6 is 0 Å². The van der Waals surface area contributed by atoms with E-state index in [9.17, 15) is 0 Å². The predicted molar refractivity (Wildman–Crippen MR) is 72.3 cm³/mol. The van der Waals surface area contributed by atoms with Crippen LogP contribution in [0.15, 0.2) is 24.3 Å². The van der Waals surface area contributed by atoms with Gasteiger partial charge in [-0.05, 0) is 24.5 Å². The molecule has 1 fully saturated rings. The lowest BCUT2D eigenvalue weighted by Gasteiger charge is -2.38. The van der Waals surface area contributed by atoms with Crippen molar-refractivity contribution in [1.82, 2.24) is 4.90 Å². The predicted octanol–water partition coefficient (Wildman–Crippen LogP) is 2.18. The molecule has 0 saturated carbocycles. The van der Waals surface area contributed by atoms with Crippen molar-refractivity contribution in [3.05, 3.63) is 35.4 Å². The molecule has 18 heavy (non-hydrogen) atoms. The molecule has 0 bridgehead atoms. The summed E-state index contributed by atoms with van der Waals surface area (Å²) in [6, 6.07) is 8.75. The Morgan fingerprint density at radius 2 is 1.94 bits per heavy atom. The summed E-state index contributed by atoms with van der Waals surface area (Å²) in [6.07, 6.45) is 1.45. The number of morpholine rings is 1. The van der Waals surface area contributed by atoms with E-state index in [1.807, 2.05) is 12.1 Å². The first-order valence-electron chi connectivity index (χ1n) is 6.77. The summed E-state index contributed by atoms with van der Waals surface area (Å²) in [5.74, 6) is 0. The smallest absolute Gasteiger partial charge is 0.0681 e. The van der Waals surface area contributed by atoms with Gasteiger partial charge in [0.15, 0.2) is 0 Å². The summed E-state index contributed by atoms with van der Waals surface area (Å²) in [5, 5.41) is 9.04. The summed E-state index contributed by atoms with van der Waals surface area (Å²) in [4.78, 5) is 2.50. The van der Waals surface area contributed by atoms with Crippen LogP contribution in [0.4, 0.5) is 0 Å². The van der Waals surface area contributed by atoms with E-state index in [0.717, 1.165) is 31.7 Å². The van der Waals surface area contributed by atoms with E-state index in [2.05, 4.69) is 30.9 Å². The Morgan fingerprint density at radius 1 is 1.28 bits per heavy atom. The second-order valence-electron chi connectivity index (χ2n) is 5.11. The van der Waals surface area contributed by atoms with Crippen molar-refractivity contribution in [2.45, 2.75) is 45.6 Å². The average molecular weight is 249 g/mol. The van der Waals surface area contributed by atoms with E-state index in [4.69, 9.17) is 9.84 Å². The first-order chi connectivity index (χ1) is 8.72. The Kier molecular flexibility index (Phi) is 4.75. The van der Waals surface area contributed by atoms with Crippen molar-refractivity contribution >= 4 is 0 Å². The topological polar surface area (TPSA) is 32.7 Å². The maximum absolute atomic E-state index is 9.04. The van der Waals surface area contributed by atoms with E-state index in [0.29, 0.717) is 12.1 Å². The molecular formula is C15H23NO2. The molecule has 1 N–H and O–H groups in total. The lowest BCUT2D eigenvalue weighted by Crippen LogP contribution is -2.47. The van der Waals surface area contributed by atoms with E-state index >= 15 is 0 Å². The second kappa shape index (κ2) is 6.32. The molecule has 2 unspecified atom stereocenters.